The van der Waals surface area contributed by atoms with Gasteiger partial charge < -0.3 is 9.47 Å². The standard InChI is InChI=1S/C19H26O4/c1-18(2,3)23-16(20)10-13-11-19(4,5)15-8-7-12(9-14(13)15)17(21)22-6/h7-9,13H,10-11H2,1-6H3. The number of hydrogen-bond donors (Lipinski definition) is 0. The lowest BCUT2D eigenvalue weighted by atomic mass is 9.85. The average molecular weight is 318 g/mol. The molecule has 2 rings (SSSR count). The molecule has 0 radical (unpaired) electrons. The average Bonchev–Trinajstić information content (AvgIpc) is 2.66. The molecule has 0 bridgehead atoms. The molecule has 1 aliphatic carbocycles. The highest BCUT2D eigenvalue weighted by molar-refractivity contribution is 5.90. The van der Waals surface area contributed by atoms with Gasteiger partial charge in [0, 0.05) is 0 Å². The topological polar surface area (TPSA) is 52.6 Å². The second kappa shape index (κ2) is 5.99. The molecule has 1 aliphatic rings. The van der Waals surface area contributed by atoms with E-state index in [2.05, 4.69) is 13.8 Å². The molecular formula is C19H26O4. The molecule has 0 aliphatic heterocycles. The number of benzene rings is 1. The van der Waals surface area contributed by atoms with Crippen molar-refractivity contribution in [2.45, 2.75) is 64.4 Å². The first-order valence-corrected chi connectivity index (χ1v) is 7.98. The van der Waals surface area contributed by atoms with Crippen LogP contribution in [0.3, 0.4) is 0 Å². The van der Waals surface area contributed by atoms with Gasteiger partial charge in [0.1, 0.15) is 5.60 Å². The fourth-order valence-electron chi connectivity index (χ4n) is 3.36. The number of methoxy groups -OCH3 is 1. The Balaban J connectivity index is 2.28. The van der Waals surface area contributed by atoms with Gasteiger partial charge in [-0.25, -0.2) is 4.79 Å². The Bertz CT molecular complexity index is 623. The molecule has 4 heteroatoms. The van der Waals surface area contributed by atoms with Gasteiger partial charge in [0.05, 0.1) is 19.1 Å². The van der Waals surface area contributed by atoms with Crippen LogP contribution in [0.5, 0.6) is 0 Å². The Morgan fingerprint density at radius 3 is 2.48 bits per heavy atom. The van der Waals surface area contributed by atoms with Crippen LogP contribution in [0.25, 0.3) is 0 Å². The van der Waals surface area contributed by atoms with E-state index in [4.69, 9.17) is 9.47 Å². The van der Waals surface area contributed by atoms with Gasteiger partial charge in [0.2, 0.25) is 0 Å². The van der Waals surface area contributed by atoms with Crippen molar-refractivity contribution < 1.29 is 19.1 Å². The first-order chi connectivity index (χ1) is 10.5. The summed E-state index contributed by atoms with van der Waals surface area (Å²) in [6, 6.07) is 5.64. The van der Waals surface area contributed by atoms with Crippen LogP contribution < -0.4 is 0 Å². The Morgan fingerprint density at radius 1 is 1.26 bits per heavy atom. The number of hydrogen-bond acceptors (Lipinski definition) is 4. The third kappa shape index (κ3) is 3.92. The van der Waals surface area contributed by atoms with Crippen LogP contribution in [0, 0.1) is 0 Å². The van der Waals surface area contributed by atoms with Gasteiger partial charge in [-0.05, 0) is 61.8 Å². The van der Waals surface area contributed by atoms with Crippen LogP contribution in [0.4, 0.5) is 0 Å². The first-order valence-electron chi connectivity index (χ1n) is 7.98. The van der Waals surface area contributed by atoms with Gasteiger partial charge in [-0.2, -0.15) is 0 Å². The minimum absolute atomic E-state index is 0.0172. The summed E-state index contributed by atoms with van der Waals surface area (Å²) in [6.45, 7) is 9.93. The third-order valence-electron chi connectivity index (χ3n) is 4.23. The largest absolute Gasteiger partial charge is 0.465 e. The van der Waals surface area contributed by atoms with Crippen molar-refractivity contribution in [3.8, 4) is 0 Å². The molecule has 1 atom stereocenters. The maximum atomic E-state index is 12.2. The molecule has 0 saturated carbocycles. The number of fused-ring (bicyclic) bond motifs is 1. The molecule has 1 aromatic rings. The lowest BCUT2D eigenvalue weighted by Crippen LogP contribution is -2.25. The normalized spacial score (nSPS) is 19.1. The van der Waals surface area contributed by atoms with Crippen LogP contribution in [0.2, 0.25) is 0 Å². The quantitative estimate of drug-likeness (QED) is 0.791. The predicted molar refractivity (Wildman–Crippen MR) is 88.6 cm³/mol. The van der Waals surface area contributed by atoms with Gasteiger partial charge in [-0.1, -0.05) is 19.9 Å². The number of rotatable bonds is 3. The summed E-state index contributed by atoms with van der Waals surface area (Å²) < 4.78 is 10.3. The van der Waals surface area contributed by atoms with Crippen LogP contribution in [0.15, 0.2) is 18.2 Å². The monoisotopic (exact) mass is 318 g/mol. The van der Waals surface area contributed by atoms with Gasteiger partial charge in [0.15, 0.2) is 0 Å². The summed E-state index contributed by atoms with van der Waals surface area (Å²) >= 11 is 0. The van der Waals surface area contributed by atoms with E-state index in [9.17, 15) is 9.59 Å². The predicted octanol–water partition coefficient (Wildman–Crippen LogP) is 3.97. The van der Waals surface area contributed by atoms with Crippen LogP contribution in [0.1, 0.15) is 74.9 Å². The molecule has 4 nitrogen and oxygen atoms in total. The van der Waals surface area contributed by atoms with Gasteiger partial charge >= 0.3 is 11.9 Å². The minimum Gasteiger partial charge on any atom is -0.465 e. The van der Waals surface area contributed by atoms with Crippen molar-refractivity contribution >= 4 is 11.9 Å². The SMILES string of the molecule is COC(=O)c1ccc2c(c1)C(CC(=O)OC(C)(C)C)CC2(C)C. The fourth-order valence-corrected chi connectivity index (χ4v) is 3.36. The van der Waals surface area contributed by atoms with Crippen LogP contribution in [-0.2, 0) is 19.7 Å². The minimum atomic E-state index is -0.484. The smallest absolute Gasteiger partial charge is 0.337 e. The molecule has 0 saturated heterocycles. The Morgan fingerprint density at radius 2 is 1.91 bits per heavy atom. The summed E-state index contributed by atoms with van der Waals surface area (Å²) in [5.74, 6) is -0.484. The lowest BCUT2D eigenvalue weighted by Gasteiger charge is -2.22. The summed E-state index contributed by atoms with van der Waals surface area (Å²) in [4.78, 5) is 24.0. The Hall–Kier alpha value is -1.84. The van der Waals surface area contributed by atoms with E-state index in [1.807, 2.05) is 32.9 Å². The molecule has 0 spiro atoms. The van der Waals surface area contributed by atoms with E-state index in [-0.39, 0.29) is 23.3 Å². The van der Waals surface area contributed by atoms with E-state index in [0.717, 1.165) is 12.0 Å². The van der Waals surface area contributed by atoms with Crippen molar-refractivity contribution in [1.82, 2.24) is 0 Å². The highest BCUT2D eigenvalue weighted by Gasteiger charge is 2.38. The highest BCUT2D eigenvalue weighted by atomic mass is 16.6. The maximum absolute atomic E-state index is 12.2. The molecule has 1 unspecified atom stereocenters. The molecule has 0 aromatic heterocycles. The van der Waals surface area contributed by atoms with Crippen molar-refractivity contribution in [2.75, 3.05) is 7.11 Å². The van der Waals surface area contributed by atoms with Gasteiger partial charge in [0.25, 0.3) is 0 Å². The lowest BCUT2D eigenvalue weighted by molar-refractivity contribution is -0.155. The number of carbonyl (C=O) groups excluding carboxylic acids is 2. The number of esters is 2. The zero-order valence-corrected chi connectivity index (χ0v) is 14.9. The number of carbonyl (C=O) groups is 2. The van der Waals surface area contributed by atoms with Gasteiger partial charge in [-0.15, -0.1) is 0 Å². The highest BCUT2D eigenvalue weighted by Crippen LogP contribution is 2.47. The Kier molecular flexibility index (Phi) is 4.56. The molecule has 23 heavy (non-hydrogen) atoms. The second-order valence-corrected chi connectivity index (χ2v) is 7.87. The summed E-state index contributed by atoms with van der Waals surface area (Å²) in [7, 11) is 1.37. The van der Waals surface area contributed by atoms with E-state index in [1.165, 1.54) is 12.7 Å². The summed E-state index contributed by atoms with van der Waals surface area (Å²) in [5.41, 5.74) is 2.28. The molecule has 0 fully saturated rings. The maximum Gasteiger partial charge on any atom is 0.337 e. The zero-order chi connectivity index (χ0) is 17.4. The van der Waals surface area contributed by atoms with Crippen molar-refractivity contribution in [2.24, 2.45) is 0 Å². The van der Waals surface area contributed by atoms with E-state index in [1.54, 1.807) is 6.07 Å². The fraction of sp³-hybridized carbons (Fsp3) is 0.579. The second-order valence-electron chi connectivity index (χ2n) is 7.87. The molecule has 0 amide bonds. The molecule has 0 N–H and O–H groups in total. The molecular weight excluding hydrogens is 292 g/mol. The summed E-state index contributed by atoms with van der Waals surface area (Å²) in [5, 5.41) is 0. The van der Waals surface area contributed by atoms with Crippen molar-refractivity contribution in [1.29, 1.82) is 0 Å². The van der Waals surface area contributed by atoms with Crippen molar-refractivity contribution in [3.63, 3.8) is 0 Å². The zero-order valence-electron chi connectivity index (χ0n) is 14.9. The Labute approximate surface area is 138 Å². The number of ether oxygens (including phenoxy) is 2. The van der Waals surface area contributed by atoms with Crippen LogP contribution >= 0.6 is 0 Å². The molecule has 0 heterocycles. The summed E-state index contributed by atoms with van der Waals surface area (Å²) in [6.07, 6.45) is 1.20. The molecule has 1 aromatic carbocycles. The van der Waals surface area contributed by atoms with E-state index in [0.29, 0.717) is 12.0 Å². The first kappa shape index (κ1) is 17.5. The van der Waals surface area contributed by atoms with Crippen LogP contribution in [-0.4, -0.2) is 24.6 Å². The van der Waals surface area contributed by atoms with Crippen molar-refractivity contribution in [3.05, 3.63) is 34.9 Å². The molecule has 126 valence electrons. The van der Waals surface area contributed by atoms with E-state index < -0.39 is 5.60 Å². The van der Waals surface area contributed by atoms with E-state index >= 15 is 0 Å². The third-order valence-corrected chi connectivity index (χ3v) is 4.23. The van der Waals surface area contributed by atoms with Gasteiger partial charge in [-0.3, -0.25) is 4.79 Å².